The number of thioether (sulfide) groups is 1. The van der Waals surface area contributed by atoms with Crippen molar-refractivity contribution in [3.8, 4) is 10.7 Å². The zero-order chi connectivity index (χ0) is 19.5. The third kappa shape index (κ3) is 3.74. The lowest BCUT2D eigenvalue weighted by atomic mass is 10.1. The number of ketones is 1. The van der Waals surface area contributed by atoms with Crippen LogP contribution in [0.15, 0.2) is 46.9 Å². The van der Waals surface area contributed by atoms with Crippen molar-refractivity contribution in [1.82, 2.24) is 14.8 Å². The quantitative estimate of drug-likeness (QED) is 0.431. The molecule has 28 heavy (non-hydrogen) atoms. The van der Waals surface area contributed by atoms with E-state index in [4.69, 9.17) is 0 Å². The lowest BCUT2D eigenvalue weighted by Gasteiger charge is -2.15. The Bertz CT molecular complexity index is 980. The Kier molecular flexibility index (Phi) is 5.59. The van der Waals surface area contributed by atoms with Crippen molar-refractivity contribution < 1.29 is 9.59 Å². The Morgan fingerprint density at radius 1 is 1.21 bits per heavy atom. The smallest absolute Gasteiger partial charge is 0.227 e. The van der Waals surface area contributed by atoms with Crippen molar-refractivity contribution >= 4 is 40.5 Å². The highest BCUT2D eigenvalue weighted by molar-refractivity contribution is 7.99. The number of amides is 1. The summed E-state index contributed by atoms with van der Waals surface area (Å²) in [6.45, 7) is 3.54. The van der Waals surface area contributed by atoms with Crippen LogP contribution < -0.4 is 4.90 Å². The maximum absolute atomic E-state index is 12.6. The van der Waals surface area contributed by atoms with Gasteiger partial charge < -0.3 is 9.47 Å². The van der Waals surface area contributed by atoms with E-state index in [1.54, 1.807) is 28.4 Å². The average molecular weight is 413 g/mol. The maximum Gasteiger partial charge on any atom is 0.227 e. The van der Waals surface area contributed by atoms with Crippen molar-refractivity contribution in [3.63, 3.8) is 0 Å². The third-order valence-electron chi connectivity index (χ3n) is 4.68. The molecule has 2 aromatic heterocycles. The van der Waals surface area contributed by atoms with E-state index < -0.39 is 0 Å². The molecule has 8 heteroatoms. The van der Waals surface area contributed by atoms with Gasteiger partial charge in [-0.15, -0.1) is 21.5 Å². The van der Waals surface area contributed by atoms with Crippen LogP contribution in [0.25, 0.3) is 10.7 Å². The lowest BCUT2D eigenvalue weighted by molar-refractivity contribution is -0.117. The van der Waals surface area contributed by atoms with Crippen LogP contribution in [0.5, 0.6) is 0 Å². The minimum atomic E-state index is 0.0348. The minimum absolute atomic E-state index is 0.0348. The number of rotatable bonds is 7. The van der Waals surface area contributed by atoms with E-state index in [2.05, 4.69) is 10.2 Å². The van der Waals surface area contributed by atoms with Crippen LogP contribution in [-0.2, 0) is 11.3 Å². The van der Waals surface area contributed by atoms with Crippen molar-refractivity contribution in [2.45, 2.75) is 31.5 Å². The number of benzene rings is 1. The molecule has 0 aliphatic carbocycles. The molecule has 0 saturated carbocycles. The van der Waals surface area contributed by atoms with Gasteiger partial charge in [0.05, 0.1) is 10.6 Å². The summed E-state index contributed by atoms with van der Waals surface area (Å²) < 4.78 is 2.03. The number of hydrogen-bond donors (Lipinski definition) is 0. The van der Waals surface area contributed by atoms with E-state index in [0.29, 0.717) is 17.7 Å². The maximum atomic E-state index is 12.6. The van der Waals surface area contributed by atoms with Crippen LogP contribution in [0.3, 0.4) is 0 Å². The molecule has 1 aliphatic rings. The van der Waals surface area contributed by atoms with Gasteiger partial charge in [-0.3, -0.25) is 9.59 Å². The van der Waals surface area contributed by atoms with Crippen molar-refractivity contribution in [1.29, 1.82) is 0 Å². The summed E-state index contributed by atoms with van der Waals surface area (Å²) >= 11 is 3.03. The Labute approximate surface area is 171 Å². The standard InChI is InChI=1S/C20H20N4O2S2/c1-2-23-19(17-5-4-12-27-17)21-22-20(23)28-13-16(25)14-7-9-15(10-8-14)24-11-3-6-18(24)26/h4-5,7-10,12H,2-3,6,11,13H2,1H3. The van der Waals surface area contributed by atoms with Crippen LogP contribution in [0.2, 0.25) is 0 Å². The van der Waals surface area contributed by atoms with Crippen LogP contribution in [0, 0.1) is 0 Å². The van der Waals surface area contributed by atoms with Gasteiger partial charge >= 0.3 is 0 Å². The minimum Gasteiger partial charge on any atom is -0.312 e. The van der Waals surface area contributed by atoms with Crippen LogP contribution in [-0.4, -0.2) is 38.8 Å². The van der Waals surface area contributed by atoms with Crippen molar-refractivity contribution in [2.24, 2.45) is 0 Å². The molecule has 0 spiro atoms. The SMILES string of the molecule is CCn1c(SCC(=O)c2ccc(N3CCCC3=O)cc2)nnc1-c1cccs1. The number of nitrogens with zero attached hydrogens (tertiary/aromatic N) is 4. The molecule has 144 valence electrons. The number of carbonyl (C=O) groups is 2. The van der Waals surface area contributed by atoms with Gasteiger partial charge in [0.1, 0.15) is 0 Å². The second-order valence-corrected chi connectivity index (χ2v) is 8.33. The monoisotopic (exact) mass is 412 g/mol. The van der Waals surface area contributed by atoms with Crippen LogP contribution in [0.1, 0.15) is 30.1 Å². The van der Waals surface area contributed by atoms with E-state index in [1.165, 1.54) is 11.8 Å². The number of thiophene rings is 1. The summed E-state index contributed by atoms with van der Waals surface area (Å²) in [4.78, 5) is 27.3. The van der Waals surface area contributed by atoms with Crippen molar-refractivity contribution in [3.05, 3.63) is 47.3 Å². The first-order valence-electron chi connectivity index (χ1n) is 9.21. The molecular formula is C20H20N4O2S2. The van der Waals surface area contributed by atoms with Crippen LogP contribution in [0.4, 0.5) is 5.69 Å². The fraction of sp³-hybridized carbons (Fsp3) is 0.300. The Morgan fingerprint density at radius 2 is 2.04 bits per heavy atom. The molecule has 1 aromatic carbocycles. The van der Waals surface area contributed by atoms with Gasteiger partial charge in [0, 0.05) is 30.8 Å². The third-order valence-corrected chi connectivity index (χ3v) is 6.51. The molecule has 1 amide bonds. The van der Waals surface area contributed by atoms with Gasteiger partial charge in [-0.1, -0.05) is 17.8 Å². The molecule has 4 rings (SSSR count). The molecule has 3 heterocycles. The van der Waals surface area contributed by atoms with Gasteiger partial charge in [-0.2, -0.15) is 0 Å². The molecule has 6 nitrogen and oxygen atoms in total. The average Bonchev–Trinajstić information content (AvgIpc) is 3.46. The van der Waals surface area contributed by atoms with E-state index in [1.807, 2.05) is 41.1 Å². The van der Waals surface area contributed by atoms with Gasteiger partial charge in [0.15, 0.2) is 16.8 Å². The Morgan fingerprint density at radius 3 is 2.68 bits per heavy atom. The highest BCUT2D eigenvalue weighted by Gasteiger charge is 2.22. The van der Waals surface area contributed by atoms with E-state index >= 15 is 0 Å². The van der Waals surface area contributed by atoms with E-state index in [9.17, 15) is 9.59 Å². The highest BCUT2D eigenvalue weighted by Crippen LogP contribution is 2.28. The topological polar surface area (TPSA) is 68.1 Å². The molecule has 3 aromatic rings. The van der Waals surface area contributed by atoms with Crippen molar-refractivity contribution in [2.75, 3.05) is 17.2 Å². The fourth-order valence-electron chi connectivity index (χ4n) is 3.23. The molecule has 0 atom stereocenters. The van der Waals surface area contributed by atoms with Gasteiger partial charge in [-0.25, -0.2) is 0 Å². The Hall–Kier alpha value is -2.45. The first kappa shape index (κ1) is 18.9. The van der Waals surface area contributed by atoms with E-state index in [0.717, 1.165) is 41.1 Å². The van der Waals surface area contributed by atoms with Gasteiger partial charge in [0.2, 0.25) is 5.91 Å². The summed E-state index contributed by atoms with van der Waals surface area (Å²) in [7, 11) is 0. The Balaban J connectivity index is 1.43. The van der Waals surface area contributed by atoms with Gasteiger partial charge in [0.25, 0.3) is 0 Å². The van der Waals surface area contributed by atoms with Crippen LogP contribution >= 0.6 is 23.1 Å². The molecular weight excluding hydrogens is 392 g/mol. The van der Waals surface area contributed by atoms with Gasteiger partial charge in [-0.05, 0) is 49.1 Å². The molecule has 1 fully saturated rings. The fourth-order valence-corrected chi connectivity index (χ4v) is 4.84. The summed E-state index contributed by atoms with van der Waals surface area (Å²) in [5.41, 5.74) is 1.50. The molecule has 0 radical (unpaired) electrons. The first-order chi connectivity index (χ1) is 13.7. The summed E-state index contributed by atoms with van der Waals surface area (Å²) in [6, 6.07) is 11.3. The number of hydrogen-bond acceptors (Lipinski definition) is 6. The predicted octanol–water partition coefficient (Wildman–Crippen LogP) is 4.13. The molecule has 0 N–H and O–H groups in total. The summed E-state index contributed by atoms with van der Waals surface area (Å²) in [5.74, 6) is 1.32. The second-order valence-electron chi connectivity index (χ2n) is 6.44. The molecule has 0 unspecified atom stereocenters. The lowest BCUT2D eigenvalue weighted by Crippen LogP contribution is -2.23. The zero-order valence-electron chi connectivity index (χ0n) is 15.5. The zero-order valence-corrected chi connectivity index (χ0v) is 17.1. The number of carbonyl (C=O) groups excluding carboxylic acids is 2. The largest absolute Gasteiger partial charge is 0.312 e. The van der Waals surface area contributed by atoms with E-state index in [-0.39, 0.29) is 11.7 Å². The molecule has 0 bridgehead atoms. The predicted molar refractivity (Wildman–Crippen MR) is 112 cm³/mol. The summed E-state index contributed by atoms with van der Waals surface area (Å²) in [5, 5.41) is 11.3. The highest BCUT2D eigenvalue weighted by atomic mass is 32.2. The number of anilines is 1. The normalized spacial score (nSPS) is 14.0. The number of Topliss-reactive ketones (excluding diaryl/α,β-unsaturated/α-hetero) is 1. The molecule has 1 saturated heterocycles. The second kappa shape index (κ2) is 8.28. The molecule has 1 aliphatic heterocycles. The first-order valence-corrected chi connectivity index (χ1v) is 11.1. The summed E-state index contributed by atoms with van der Waals surface area (Å²) in [6.07, 6.45) is 1.49. The number of aromatic nitrogens is 3.